The van der Waals surface area contributed by atoms with Crippen molar-refractivity contribution in [2.75, 3.05) is 14.2 Å². The third-order valence-electron chi connectivity index (χ3n) is 2.10. The molecule has 0 unspecified atom stereocenters. The van der Waals surface area contributed by atoms with Crippen LogP contribution >= 0.6 is 0 Å². The van der Waals surface area contributed by atoms with Gasteiger partial charge in [-0.05, 0) is 0 Å². The topological polar surface area (TPSA) is 68.7 Å². The van der Waals surface area contributed by atoms with Crippen LogP contribution in [0.2, 0.25) is 0 Å². The number of nitrogens with zero attached hydrogens (tertiary/aromatic N) is 1. The lowest BCUT2D eigenvalue weighted by Gasteiger charge is -2.12. The standard InChI is InChI=1S/C10H11F2NO4/c1-16-7(15)3-5-8(10(11)12)13-4-6(14)9(5)17-2/h4,10,14H,3H2,1-2H3. The second-order valence-electron chi connectivity index (χ2n) is 3.09. The zero-order valence-electron chi connectivity index (χ0n) is 9.24. The van der Waals surface area contributed by atoms with Crippen molar-refractivity contribution in [2.45, 2.75) is 12.8 Å². The van der Waals surface area contributed by atoms with Crippen LogP contribution in [0.5, 0.6) is 11.5 Å². The average molecular weight is 247 g/mol. The van der Waals surface area contributed by atoms with Gasteiger partial charge in [0.1, 0.15) is 5.69 Å². The van der Waals surface area contributed by atoms with Crippen LogP contribution in [0.15, 0.2) is 6.20 Å². The van der Waals surface area contributed by atoms with Gasteiger partial charge >= 0.3 is 5.97 Å². The van der Waals surface area contributed by atoms with E-state index < -0.39 is 30.3 Å². The minimum absolute atomic E-state index is 0.172. The van der Waals surface area contributed by atoms with Crippen molar-refractivity contribution in [2.24, 2.45) is 0 Å². The summed E-state index contributed by atoms with van der Waals surface area (Å²) in [6.07, 6.45) is -2.47. The molecule has 0 aliphatic rings. The maximum Gasteiger partial charge on any atom is 0.310 e. The minimum atomic E-state index is -2.87. The second kappa shape index (κ2) is 5.42. The quantitative estimate of drug-likeness (QED) is 0.815. The molecule has 1 aromatic heterocycles. The number of hydrogen-bond acceptors (Lipinski definition) is 5. The van der Waals surface area contributed by atoms with E-state index in [4.69, 9.17) is 4.74 Å². The first-order valence-electron chi connectivity index (χ1n) is 4.61. The van der Waals surface area contributed by atoms with Crippen molar-refractivity contribution < 1.29 is 28.2 Å². The molecule has 0 radical (unpaired) electrons. The summed E-state index contributed by atoms with van der Waals surface area (Å²) in [6, 6.07) is 0. The molecule has 1 aromatic rings. The SMILES string of the molecule is COC(=O)Cc1c(C(F)F)ncc(O)c1OC. The monoisotopic (exact) mass is 247 g/mol. The third-order valence-corrected chi connectivity index (χ3v) is 2.10. The van der Waals surface area contributed by atoms with Crippen LogP contribution in [0, 0.1) is 0 Å². The van der Waals surface area contributed by atoms with E-state index in [1.165, 1.54) is 7.11 Å². The summed E-state index contributed by atoms with van der Waals surface area (Å²) in [4.78, 5) is 14.5. The molecule has 5 nitrogen and oxygen atoms in total. The maximum absolute atomic E-state index is 12.7. The van der Waals surface area contributed by atoms with Crippen molar-refractivity contribution in [1.82, 2.24) is 4.98 Å². The molecule has 94 valence electrons. The van der Waals surface area contributed by atoms with Crippen molar-refractivity contribution in [3.63, 3.8) is 0 Å². The molecular weight excluding hydrogens is 236 g/mol. The van der Waals surface area contributed by atoms with Gasteiger partial charge in [0.15, 0.2) is 11.5 Å². The molecule has 0 aliphatic heterocycles. The lowest BCUT2D eigenvalue weighted by molar-refractivity contribution is -0.139. The van der Waals surface area contributed by atoms with Crippen LogP contribution < -0.4 is 4.74 Å². The van der Waals surface area contributed by atoms with E-state index in [1.807, 2.05) is 0 Å². The Morgan fingerprint density at radius 2 is 2.18 bits per heavy atom. The molecule has 7 heteroatoms. The first kappa shape index (κ1) is 13.1. The average Bonchev–Trinajstić information content (AvgIpc) is 2.28. The van der Waals surface area contributed by atoms with Crippen LogP contribution in [0.25, 0.3) is 0 Å². The van der Waals surface area contributed by atoms with Crippen molar-refractivity contribution in [1.29, 1.82) is 0 Å². The summed E-state index contributed by atoms with van der Waals surface area (Å²) in [6.45, 7) is 0. The number of rotatable bonds is 4. The lowest BCUT2D eigenvalue weighted by Crippen LogP contribution is -2.10. The fraction of sp³-hybridized carbons (Fsp3) is 0.400. The van der Waals surface area contributed by atoms with Crippen LogP contribution in [0.3, 0.4) is 0 Å². The molecule has 0 bridgehead atoms. The molecule has 0 spiro atoms. The normalized spacial score (nSPS) is 10.4. The highest BCUT2D eigenvalue weighted by Crippen LogP contribution is 2.35. The number of pyridine rings is 1. The molecular formula is C10H11F2NO4. The van der Waals surface area contributed by atoms with Crippen molar-refractivity contribution in [3.8, 4) is 11.5 Å². The van der Waals surface area contributed by atoms with Gasteiger partial charge in [0, 0.05) is 5.56 Å². The van der Waals surface area contributed by atoms with E-state index in [-0.39, 0.29) is 11.3 Å². The first-order chi connectivity index (χ1) is 8.01. The van der Waals surface area contributed by atoms with Gasteiger partial charge in [-0.1, -0.05) is 0 Å². The maximum atomic E-state index is 12.7. The van der Waals surface area contributed by atoms with Gasteiger partial charge in [-0.3, -0.25) is 9.78 Å². The van der Waals surface area contributed by atoms with Gasteiger partial charge in [-0.2, -0.15) is 0 Å². The number of aromatic hydroxyl groups is 1. The lowest BCUT2D eigenvalue weighted by atomic mass is 10.1. The summed E-state index contributed by atoms with van der Waals surface area (Å²) in [7, 11) is 2.33. The highest BCUT2D eigenvalue weighted by Gasteiger charge is 2.23. The largest absolute Gasteiger partial charge is 0.503 e. The number of aromatic nitrogens is 1. The second-order valence-corrected chi connectivity index (χ2v) is 3.09. The Bertz CT molecular complexity index is 423. The van der Waals surface area contributed by atoms with Gasteiger partial charge in [-0.25, -0.2) is 8.78 Å². The van der Waals surface area contributed by atoms with E-state index >= 15 is 0 Å². The van der Waals surface area contributed by atoms with Crippen molar-refractivity contribution >= 4 is 5.97 Å². The molecule has 1 heterocycles. The Morgan fingerprint density at radius 3 is 2.65 bits per heavy atom. The molecule has 17 heavy (non-hydrogen) atoms. The molecule has 1 N–H and O–H groups in total. The zero-order valence-corrected chi connectivity index (χ0v) is 9.24. The Labute approximate surface area is 96.0 Å². The molecule has 0 atom stereocenters. The molecule has 0 fully saturated rings. The summed E-state index contributed by atoms with van der Waals surface area (Å²) < 4.78 is 34.5. The molecule has 0 aliphatic carbocycles. The van der Waals surface area contributed by atoms with Crippen LogP contribution in [-0.2, 0) is 16.0 Å². The Balaban J connectivity index is 3.28. The summed E-state index contributed by atoms with van der Waals surface area (Å²) in [5.74, 6) is -1.32. The first-order valence-corrected chi connectivity index (χ1v) is 4.61. The smallest absolute Gasteiger partial charge is 0.310 e. The highest BCUT2D eigenvalue weighted by molar-refractivity contribution is 5.74. The van der Waals surface area contributed by atoms with Crippen molar-refractivity contribution in [3.05, 3.63) is 17.5 Å². The zero-order chi connectivity index (χ0) is 13.0. The number of esters is 1. The number of halogens is 2. The number of ether oxygens (including phenoxy) is 2. The molecule has 0 aromatic carbocycles. The fourth-order valence-corrected chi connectivity index (χ4v) is 1.34. The molecule has 1 rings (SSSR count). The number of hydrogen-bond donors (Lipinski definition) is 1. The highest BCUT2D eigenvalue weighted by atomic mass is 19.3. The number of methoxy groups -OCH3 is 2. The summed E-state index contributed by atoms with van der Waals surface area (Å²) >= 11 is 0. The molecule has 0 saturated carbocycles. The van der Waals surface area contributed by atoms with Gasteiger partial charge in [-0.15, -0.1) is 0 Å². The summed E-state index contributed by atoms with van der Waals surface area (Å²) in [5.41, 5.74) is -0.778. The predicted octanol–water partition coefficient (Wildman–Crippen LogP) is 1.45. The fourth-order valence-electron chi connectivity index (χ4n) is 1.34. The van der Waals surface area contributed by atoms with Gasteiger partial charge in [0.2, 0.25) is 0 Å². The van der Waals surface area contributed by atoms with E-state index in [9.17, 15) is 18.7 Å². The van der Waals surface area contributed by atoms with Crippen LogP contribution in [0.4, 0.5) is 8.78 Å². The number of alkyl halides is 2. The minimum Gasteiger partial charge on any atom is -0.503 e. The predicted molar refractivity (Wildman–Crippen MR) is 53.1 cm³/mol. The Hall–Kier alpha value is -1.92. The van der Waals surface area contributed by atoms with Gasteiger partial charge < -0.3 is 14.6 Å². The van der Waals surface area contributed by atoms with Crippen LogP contribution in [-0.4, -0.2) is 30.3 Å². The number of carbonyl (C=O) groups is 1. The van der Waals surface area contributed by atoms with Gasteiger partial charge in [0.05, 0.1) is 26.8 Å². The van der Waals surface area contributed by atoms with E-state index in [2.05, 4.69) is 9.72 Å². The molecule has 0 saturated heterocycles. The Kier molecular flexibility index (Phi) is 4.19. The summed E-state index contributed by atoms with van der Waals surface area (Å²) in [5, 5.41) is 9.40. The number of carbonyl (C=O) groups excluding carboxylic acids is 1. The third kappa shape index (κ3) is 2.80. The van der Waals surface area contributed by atoms with E-state index in [0.717, 1.165) is 13.3 Å². The van der Waals surface area contributed by atoms with Gasteiger partial charge in [0.25, 0.3) is 6.43 Å². The molecule has 0 amide bonds. The van der Waals surface area contributed by atoms with E-state index in [1.54, 1.807) is 0 Å². The Morgan fingerprint density at radius 1 is 1.53 bits per heavy atom. The van der Waals surface area contributed by atoms with E-state index in [0.29, 0.717) is 0 Å². The van der Waals surface area contributed by atoms with Crippen LogP contribution in [0.1, 0.15) is 17.7 Å².